The van der Waals surface area contributed by atoms with Gasteiger partial charge in [-0.3, -0.25) is 34.3 Å². The number of carbonyl (C=O) groups is 3. The Hall–Kier alpha value is -10.7. The summed E-state index contributed by atoms with van der Waals surface area (Å²) in [5, 5.41) is 44.5. The van der Waals surface area contributed by atoms with E-state index in [0.717, 1.165) is 83.3 Å². The van der Waals surface area contributed by atoms with Crippen LogP contribution in [0.2, 0.25) is 0 Å². The number of nitriles is 1. The molecule has 0 saturated carbocycles. The van der Waals surface area contributed by atoms with Crippen LogP contribution in [-0.2, 0) is 100 Å². The fourth-order valence-corrected chi connectivity index (χ4v) is 12.1. The van der Waals surface area contributed by atoms with Crippen LogP contribution in [0.15, 0.2) is 308 Å². The number of allylic oxidation sites excluding steroid dienone is 6. The van der Waals surface area contributed by atoms with Gasteiger partial charge in [0.05, 0.1) is 33.6 Å². The van der Waals surface area contributed by atoms with Crippen LogP contribution in [0.3, 0.4) is 0 Å². The number of nitrogens with zero attached hydrogens (tertiary/aromatic N) is 5. The number of rotatable bonds is 7. The SMILES string of the molecule is CC(=O)C=C(C)O.CC(=O)C=C(C)O.CC(C)(C)C(=O)C=C(O)C(C)(C)C.CC1(C)c2[c-]c(-c3ccc4ccccc4n3)ccc2-c2ccccc21.N#Cc1c[c-]c(-c2ccc3ccccc3n2)cc1.[Ir].[Ir].[Ir].[Ir].[c-]1cc2ccccc2cc1-c1ccc2ccccc2n1.[c-]1ccc2ccccc2c1-c1ccc2ccccc2n1. The second-order valence-electron chi connectivity index (χ2n) is 29.1. The van der Waals surface area contributed by atoms with Crippen molar-refractivity contribution in [3.8, 4) is 62.2 Å². The first-order chi connectivity index (χ1) is 52.6. The van der Waals surface area contributed by atoms with Crippen LogP contribution in [0.5, 0.6) is 0 Å². The molecule has 114 heavy (non-hydrogen) atoms. The van der Waals surface area contributed by atoms with Gasteiger partial charge in [0.25, 0.3) is 0 Å². The molecular weight excluding hydrogens is 2120 g/mol. The summed E-state index contributed by atoms with van der Waals surface area (Å²) in [4.78, 5) is 50.4. The van der Waals surface area contributed by atoms with E-state index in [-0.39, 0.29) is 126 Å². The Morgan fingerprint density at radius 1 is 0.404 bits per heavy atom. The normalized spacial score (nSPS) is 11.7. The molecule has 16 rings (SSSR count). The third-order valence-corrected chi connectivity index (χ3v) is 17.9. The van der Waals surface area contributed by atoms with Crippen molar-refractivity contribution in [2.75, 3.05) is 0 Å². The number of fused-ring (bicyclic) bond motifs is 9. The van der Waals surface area contributed by atoms with E-state index in [9.17, 15) is 19.5 Å². The van der Waals surface area contributed by atoms with Crippen molar-refractivity contribution in [3.05, 3.63) is 349 Å². The second-order valence-corrected chi connectivity index (χ2v) is 29.1. The minimum atomic E-state index is -0.417. The molecular formula is C99H87Ir4N5O6-4. The van der Waals surface area contributed by atoms with Crippen LogP contribution in [0.4, 0.5) is 0 Å². The number of benzene rings is 11. The molecule has 0 fully saturated rings. The largest absolute Gasteiger partial charge is 0.512 e. The molecule has 0 bridgehead atoms. The smallest absolute Gasteiger partial charge is 0.164 e. The van der Waals surface area contributed by atoms with Crippen molar-refractivity contribution in [2.24, 2.45) is 10.8 Å². The van der Waals surface area contributed by atoms with Gasteiger partial charge in [-0.1, -0.05) is 271 Å². The molecule has 0 unspecified atom stereocenters. The van der Waals surface area contributed by atoms with Gasteiger partial charge >= 0.3 is 0 Å². The third kappa shape index (κ3) is 24.9. The van der Waals surface area contributed by atoms with Crippen molar-refractivity contribution in [2.45, 2.75) is 88.5 Å². The third-order valence-electron chi connectivity index (χ3n) is 17.9. The maximum atomic E-state index is 11.5. The van der Waals surface area contributed by atoms with Crippen LogP contribution >= 0.6 is 0 Å². The summed E-state index contributed by atoms with van der Waals surface area (Å²) in [6.07, 6.45) is 3.67. The zero-order chi connectivity index (χ0) is 78.7. The van der Waals surface area contributed by atoms with Gasteiger partial charge in [0, 0.05) is 116 Å². The molecule has 15 aromatic rings. The Labute approximate surface area is 722 Å². The summed E-state index contributed by atoms with van der Waals surface area (Å²) in [6, 6.07) is 108. The Kier molecular flexibility index (Phi) is 34.3. The standard InChI is InChI=1S/C24H18N.2C19H12N.C16H9N2.C11H20O2.2C5H8O2.4Ir/c1-24(2)20-9-5-4-8-18(20)19-13-11-17(15-21(19)24)23-14-12-16-7-3-6-10-22(16)25-23;1-3-9-16-14(6-1)8-5-10-17(16)19-13-12-15-7-2-4-11-18(15)20-19;1-2-7-16-13-17(10-9-14(16)5-1)19-12-11-15-6-3-4-8-18(15)20-19;17-11-12-5-7-14(8-6-12)16-10-9-13-3-1-2-4-15(13)18-16;1-10(2,3)8(12)7-9(13)11(4,5)6;2*1-4(6)3-5(2)7;;;;/h3-14H,1-2H3;2*1-9,11-13H;1-7,9-10H;7,12H,1-6H3;2*3,6H,1-2H3;;;;/q4*-1;;;;;;;. The molecule has 0 amide bonds. The first-order valence-corrected chi connectivity index (χ1v) is 36.2. The van der Waals surface area contributed by atoms with Crippen LogP contribution in [0.1, 0.15) is 99.8 Å². The van der Waals surface area contributed by atoms with E-state index in [1.165, 1.54) is 95.1 Å². The molecule has 4 heterocycles. The molecule has 0 saturated heterocycles. The van der Waals surface area contributed by atoms with E-state index >= 15 is 0 Å². The maximum absolute atomic E-state index is 11.5. The Balaban J connectivity index is 0.000000213. The van der Waals surface area contributed by atoms with Crippen LogP contribution < -0.4 is 0 Å². The number of aromatic nitrogens is 4. The average molecular weight is 2210 g/mol. The summed E-state index contributed by atoms with van der Waals surface area (Å²) in [5.41, 5.74) is 17.0. The Morgan fingerprint density at radius 3 is 1.27 bits per heavy atom. The Bertz CT molecular complexity index is 5870. The summed E-state index contributed by atoms with van der Waals surface area (Å²) in [6.45, 7) is 21.4. The van der Waals surface area contributed by atoms with Gasteiger partial charge in [-0.25, -0.2) is 5.26 Å². The minimum absolute atomic E-state index is 0. The van der Waals surface area contributed by atoms with E-state index in [0.29, 0.717) is 5.56 Å². The van der Waals surface area contributed by atoms with Crippen molar-refractivity contribution < 1.29 is 110 Å². The van der Waals surface area contributed by atoms with Gasteiger partial charge in [0.15, 0.2) is 17.3 Å². The van der Waals surface area contributed by atoms with Gasteiger partial charge < -0.3 is 15.3 Å². The molecule has 11 aromatic carbocycles. The summed E-state index contributed by atoms with van der Waals surface area (Å²) in [5.74, 6) is -0.0210. The summed E-state index contributed by atoms with van der Waals surface area (Å²) >= 11 is 0. The fourth-order valence-electron chi connectivity index (χ4n) is 12.1. The van der Waals surface area contributed by atoms with E-state index in [1.54, 1.807) is 12.1 Å². The first-order valence-electron chi connectivity index (χ1n) is 36.2. The molecule has 1 aliphatic carbocycles. The zero-order valence-electron chi connectivity index (χ0n) is 65.3. The van der Waals surface area contributed by atoms with Gasteiger partial charge in [-0.2, -0.15) is 0 Å². The first kappa shape index (κ1) is 92.2. The van der Waals surface area contributed by atoms with Crippen molar-refractivity contribution >= 4 is 82.5 Å². The molecule has 0 atom stereocenters. The quantitative estimate of drug-likeness (QED) is 0.0783. The molecule has 4 aromatic heterocycles. The zero-order valence-corrected chi connectivity index (χ0v) is 74.9. The number of hydrogen-bond donors (Lipinski definition) is 3. The number of hydrogen-bond acceptors (Lipinski definition) is 11. The number of aliphatic hydroxyl groups excluding tert-OH is 3. The number of para-hydroxylation sites is 4. The van der Waals surface area contributed by atoms with E-state index < -0.39 is 5.41 Å². The van der Waals surface area contributed by atoms with Crippen LogP contribution in [0.25, 0.3) is 121 Å². The summed E-state index contributed by atoms with van der Waals surface area (Å²) < 4.78 is 0. The van der Waals surface area contributed by atoms with Crippen molar-refractivity contribution in [3.63, 3.8) is 0 Å². The van der Waals surface area contributed by atoms with E-state index in [1.807, 2.05) is 151 Å². The Morgan fingerprint density at radius 2 is 0.816 bits per heavy atom. The molecule has 11 nitrogen and oxygen atoms in total. The number of ketones is 3. The number of aliphatic hydroxyl groups is 3. The van der Waals surface area contributed by atoms with Crippen molar-refractivity contribution in [1.29, 1.82) is 5.26 Å². The molecule has 0 aliphatic heterocycles. The number of pyridine rings is 4. The van der Waals surface area contributed by atoms with E-state index in [4.69, 9.17) is 30.4 Å². The van der Waals surface area contributed by atoms with Crippen LogP contribution in [0, 0.1) is 46.4 Å². The topological polar surface area (TPSA) is 187 Å². The minimum Gasteiger partial charge on any atom is -0.512 e. The van der Waals surface area contributed by atoms with Gasteiger partial charge in [0.1, 0.15) is 5.76 Å². The van der Waals surface area contributed by atoms with Crippen LogP contribution in [-0.4, -0.2) is 52.6 Å². The molecule has 584 valence electrons. The fraction of sp³-hybridized carbons (Fsp3) is 0.152. The van der Waals surface area contributed by atoms with Gasteiger partial charge in [-0.05, 0) is 113 Å². The monoisotopic (exact) mass is 2210 g/mol. The molecule has 0 spiro atoms. The molecule has 1 aliphatic rings. The maximum Gasteiger partial charge on any atom is 0.164 e. The molecule has 4 radical (unpaired) electrons. The van der Waals surface area contributed by atoms with Crippen molar-refractivity contribution in [1.82, 2.24) is 19.9 Å². The number of carbonyl (C=O) groups excluding carboxylic acids is 3. The molecule has 15 heteroatoms. The average Bonchev–Trinajstić information content (AvgIpc) is 1.58. The van der Waals surface area contributed by atoms with E-state index in [2.05, 4.69) is 201 Å². The summed E-state index contributed by atoms with van der Waals surface area (Å²) in [7, 11) is 0. The second kappa shape index (κ2) is 42.4. The molecule has 3 N–H and O–H groups in total. The van der Waals surface area contributed by atoms with Gasteiger partial charge in [0.2, 0.25) is 0 Å². The predicted molar refractivity (Wildman–Crippen MR) is 450 cm³/mol. The predicted octanol–water partition coefficient (Wildman–Crippen LogP) is 24.4. The van der Waals surface area contributed by atoms with Gasteiger partial charge in [-0.15, -0.1) is 117 Å².